The molecule has 0 unspecified atom stereocenters. The highest BCUT2D eigenvalue weighted by Crippen LogP contribution is 2.25. The van der Waals surface area contributed by atoms with Crippen molar-refractivity contribution in [2.24, 2.45) is 0 Å². The Balaban J connectivity index is 1.62. The van der Waals surface area contributed by atoms with Crippen LogP contribution in [0.4, 0.5) is 10.1 Å². The third-order valence-electron chi connectivity index (χ3n) is 4.38. The maximum absolute atomic E-state index is 13.8. The zero-order valence-electron chi connectivity index (χ0n) is 15.0. The Morgan fingerprint density at radius 1 is 1.37 bits per heavy atom. The number of likely N-dealkylation sites (N-methyl/N-ethyl adjacent to an activating group) is 1. The molecule has 2 heterocycles. The summed E-state index contributed by atoms with van der Waals surface area (Å²) in [6.45, 7) is 0. The van der Waals surface area contributed by atoms with Crippen LogP contribution < -0.4 is 15.0 Å². The maximum atomic E-state index is 13.8. The number of pyridine rings is 1. The lowest BCUT2D eigenvalue weighted by atomic mass is 10.1. The summed E-state index contributed by atoms with van der Waals surface area (Å²) in [6, 6.07) is 9.17. The van der Waals surface area contributed by atoms with E-state index in [0.29, 0.717) is 29.3 Å². The number of methoxy groups -OCH3 is 1. The average Bonchev–Trinajstić information content (AvgIpc) is 2.70. The molecule has 1 aromatic heterocycles. The summed E-state index contributed by atoms with van der Waals surface area (Å²) in [5.74, 6) is 0.0756. The van der Waals surface area contributed by atoms with Gasteiger partial charge in [0.15, 0.2) is 0 Å². The Kier molecular flexibility index (Phi) is 5.95. The zero-order valence-corrected chi connectivity index (χ0v) is 15.8. The number of aromatic nitrogens is 1. The highest BCUT2D eigenvalue weighted by Gasteiger charge is 2.34. The highest BCUT2D eigenvalue weighted by atomic mass is 32.2. The van der Waals surface area contributed by atoms with Crippen molar-refractivity contribution in [3.63, 3.8) is 0 Å². The van der Waals surface area contributed by atoms with Gasteiger partial charge in [-0.2, -0.15) is 0 Å². The van der Waals surface area contributed by atoms with Gasteiger partial charge >= 0.3 is 0 Å². The van der Waals surface area contributed by atoms with Crippen LogP contribution in [0.2, 0.25) is 0 Å². The summed E-state index contributed by atoms with van der Waals surface area (Å²) in [4.78, 5) is 30.6. The van der Waals surface area contributed by atoms with E-state index in [1.54, 1.807) is 37.4 Å². The largest absolute Gasteiger partial charge is 0.481 e. The summed E-state index contributed by atoms with van der Waals surface area (Å²) in [5, 5.41) is 2.34. The van der Waals surface area contributed by atoms with Crippen molar-refractivity contribution in [1.29, 1.82) is 0 Å². The van der Waals surface area contributed by atoms with Crippen LogP contribution in [-0.4, -0.2) is 48.0 Å². The highest BCUT2D eigenvalue weighted by molar-refractivity contribution is 8.00. The van der Waals surface area contributed by atoms with Gasteiger partial charge in [-0.1, -0.05) is 18.2 Å². The Hall–Kier alpha value is -2.61. The molecule has 142 valence electrons. The number of nitrogens with one attached hydrogen (secondary N) is 1. The topological polar surface area (TPSA) is 71.5 Å². The van der Waals surface area contributed by atoms with E-state index >= 15 is 0 Å². The number of carbonyl (C=O) groups is 2. The zero-order chi connectivity index (χ0) is 19.4. The van der Waals surface area contributed by atoms with Gasteiger partial charge in [0.1, 0.15) is 11.9 Å². The molecule has 0 saturated carbocycles. The van der Waals surface area contributed by atoms with Crippen molar-refractivity contribution in [3.05, 3.63) is 54.0 Å². The standard InChI is InChI=1S/C19H20FN3O3S/c1-23(13-7-8-17(26-2)21-10-13)19(25)15-11-27-16(18(24)22-15)9-12-5-3-4-6-14(12)20/h3-8,10,15-16H,9,11H2,1-2H3,(H,22,24)/t15-,16-/m0/s1. The van der Waals surface area contributed by atoms with Crippen LogP contribution in [0.5, 0.6) is 5.88 Å². The van der Waals surface area contributed by atoms with Gasteiger partial charge in [0.2, 0.25) is 17.7 Å². The first-order valence-corrected chi connectivity index (χ1v) is 9.47. The summed E-state index contributed by atoms with van der Waals surface area (Å²) in [6.07, 6.45) is 1.83. The fraction of sp³-hybridized carbons (Fsp3) is 0.316. The summed E-state index contributed by atoms with van der Waals surface area (Å²) < 4.78 is 18.8. The van der Waals surface area contributed by atoms with Crippen molar-refractivity contribution in [2.45, 2.75) is 17.7 Å². The Morgan fingerprint density at radius 2 is 2.15 bits per heavy atom. The lowest BCUT2D eigenvalue weighted by Crippen LogP contribution is -2.55. The molecule has 6 nitrogen and oxygen atoms in total. The van der Waals surface area contributed by atoms with E-state index in [2.05, 4.69) is 10.3 Å². The van der Waals surface area contributed by atoms with Gasteiger partial charge in [-0.15, -0.1) is 11.8 Å². The molecule has 8 heteroatoms. The lowest BCUT2D eigenvalue weighted by Gasteiger charge is -2.30. The van der Waals surface area contributed by atoms with Gasteiger partial charge in [-0.25, -0.2) is 9.37 Å². The molecule has 1 aliphatic heterocycles. The molecule has 0 radical (unpaired) electrons. The minimum absolute atomic E-state index is 0.229. The number of amides is 2. The molecule has 2 aromatic rings. The summed E-state index contributed by atoms with van der Waals surface area (Å²) in [5.41, 5.74) is 1.10. The molecule has 27 heavy (non-hydrogen) atoms. The second-order valence-corrected chi connectivity index (χ2v) is 7.37. The number of nitrogens with zero attached hydrogens (tertiary/aromatic N) is 2. The van der Waals surface area contributed by atoms with Crippen LogP contribution in [-0.2, 0) is 16.0 Å². The van der Waals surface area contributed by atoms with Gasteiger partial charge in [-0.05, 0) is 24.1 Å². The van der Waals surface area contributed by atoms with Crippen molar-refractivity contribution in [1.82, 2.24) is 10.3 Å². The van der Waals surface area contributed by atoms with Gasteiger partial charge in [0.05, 0.1) is 24.2 Å². The Labute approximate surface area is 161 Å². The molecule has 2 atom stereocenters. The molecule has 1 fully saturated rings. The Morgan fingerprint density at radius 3 is 2.78 bits per heavy atom. The minimum atomic E-state index is -0.633. The Bertz CT molecular complexity index is 831. The molecule has 1 N–H and O–H groups in total. The number of carbonyl (C=O) groups excluding carboxylic acids is 2. The molecule has 1 aliphatic rings. The molecule has 1 aromatic carbocycles. The van der Waals surface area contributed by atoms with E-state index in [-0.39, 0.29) is 17.6 Å². The van der Waals surface area contributed by atoms with E-state index in [1.807, 2.05) is 0 Å². The third kappa shape index (κ3) is 4.39. The number of halogens is 1. The molecule has 3 rings (SSSR count). The van der Waals surface area contributed by atoms with Crippen LogP contribution >= 0.6 is 11.8 Å². The van der Waals surface area contributed by atoms with Crippen LogP contribution in [0.3, 0.4) is 0 Å². The van der Waals surface area contributed by atoms with Crippen molar-refractivity contribution < 1.29 is 18.7 Å². The fourth-order valence-electron chi connectivity index (χ4n) is 2.80. The summed E-state index contributed by atoms with van der Waals surface area (Å²) >= 11 is 1.37. The van der Waals surface area contributed by atoms with E-state index in [0.717, 1.165) is 0 Å². The van der Waals surface area contributed by atoms with Gasteiger partial charge in [0, 0.05) is 18.9 Å². The van der Waals surface area contributed by atoms with E-state index in [4.69, 9.17) is 4.74 Å². The number of thioether (sulfide) groups is 1. The molecular weight excluding hydrogens is 369 g/mol. The van der Waals surface area contributed by atoms with Crippen molar-refractivity contribution >= 4 is 29.3 Å². The third-order valence-corrected chi connectivity index (χ3v) is 5.69. The van der Waals surface area contributed by atoms with Crippen LogP contribution in [0.15, 0.2) is 42.6 Å². The predicted octanol–water partition coefficient (Wildman–Crippen LogP) is 2.04. The van der Waals surface area contributed by atoms with E-state index in [9.17, 15) is 14.0 Å². The number of ether oxygens (including phenoxy) is 1. The lowest BCUT2D eigenvalue weighted by molar-refractivity contribution is -0.127. The molecular formula is C19H20FN3O3S. The van der Waals surface area contributed by atoms with Crippen molar-refractivity contribution in [3.8, 4) is 5.88 Å². The second-order valence-electron chi connectivity index (χ2n) is 6.13. The van der Waals surface area contributed by atoms with Gasteiger partial charge < -0.3 is 15.0 Å². The number of benzene rings is 1. The normalized spacial score (nSPS) is 19.3. The van der Waals surface area contributed by atoms with Crippen LogP contribution in [0, 0.1) is 5.82 Å². The molecule has 1 saturated heterocycles. The number of rotatable bonds is 5. The predicted molar refractivity (Wildman–Crippen MR) is 102 cm³/mol. The molecule has 0 bridgehead atoms. The first-order valence-electron chi connectivity index (χ1n) is 8.42. The maximum Gasteiger partial charge on any atom is 0.250 e. The smallest absolute Gasteiger partial charge is 0.250 e. The first kappa shape index (κ1) is 19.2. The van der Waals surface area contributed by atoms with Crippen LogP contribution in [0.25, 0.3) is 0 Å². The molecule has 0 aliphatic carbocycles. The number of hydrogen-bond acceptors (Lipinski definition) is 5. The number of anilines is 1. The minimum Gasteiger partial charge on any atom is -0.481 e. The van der Waals surface area contributed by atoms with E-state index in [1.165, 1.54) is 36.0 Å². The fourth-order valence-corrected chi connectivity index (χ4v) is 3.96. The van der Waals surface area contributed by atoms with Crippen molar-refractivity contribution in [2.75, 3.05) is 24.8 Å². The molecule has 2 amide bonds. The molecule has 0 spiro atoms. The average molecular weight is 389 g/mol. The number of hydrogen-bond donors (Lipinski definition) is 1. The van der Waals surface area contributed by atoms with E-state index < -0.39 is 11.3 Å². The van der Waals surface area contributed by atoms with Gasteiger partial charge in [-0.3, -0.25) is 9.59 Å². The van der Waals surface area contributed by atoms with Gasteiger partial charge in [0.25, 0.3) is 0 Å². The summed E-state index contributed by atoms with van der Waals surface area (Å²) in [7, 11) is 3.15. The monoisotopic (exact) mass is 389 g/mol. The van der Waals surface area contributed by atoms with Crippen LogP contribution in [0.1, 0.15) is 5.56 Å². The second kappa shape index (κ2) is 8.39. The quantitative estimate of drug-likeness (QED) is 0.847. The first-order chi connectivity index (χ1) is 13.0. The SMILES string of the molecule is COc1ccc(N(C)C(=O)[C@@H]2CS[C@@H](Cc3ccccc3F)C(=O)N2)cn1.